The van der Waals surface area contributed by atoms with E-state index in [-0.39, 0.29) is 5.41 Å². The van der Waals surface area contributed by atoms with Crippen LogP contribution < -0.4 is 0 Å². The highest BCUT2D eigenvalue weighted by Crippen LogP contribution is 2.33. The predicted molar refractivity (Wildman–Crippen MR) is 44.4 cm³/mol. The highest BCUT2D eigenvalue weighted by atomic mass is 16.5. The third-order valence-corrected chi connectivity index (χ3v) is 2.18. The molecule has 0 bridgehead atoms. The minimum atomic E-state index is 0.250. The Bertz CT molecular complexity index is 208. The molecule has 0 saturated heterocycles. The Balaban J connectivity index is 2.78. The molecule has 62 valence electrons. The lowest BCUT2D eigenvalue weighted by molar-refractivity contribution is 0.269. The molecule has 0 aliphatic carbocycles. The van der Waals surface area contributed by atoms with Gasteiger partial charge in [0.15, 0.2) is 0 Å². The van der Waals surface area contributed by atoms with Crippen LogP contribution in [-0.2, 0) is 0 Å². The van der Waals surface area contributed by atoms with Gasteiger partial charge in [0, 0.05) is 12.0 Å². The van der Waals surface area contributed by atoms with E-state index in [1.807, 2.05) is 6.07 Å². The Labute approximate surface area is 67.6 Å². The van der Waals surface area contributed by atoms with Gasteiger partial charge in [0.2, 0.25) is 0 Å². The summed E-state index contributed by atoms with van der Waals surface area (Å²) in [7, 11) is 0. The molecule has 2 nitrogen and oxygen atoms in total. The van der Waals surface area contributed by atoms with Gasteiger partial charge in [0.05, 0.1) is 6.20 Å². The van der Waals surface area contributed by atoms with Crippen molar-refractivity contribution >= 4 is 0 Å². The first-order valence-corrected chi connectivity index (χ1v) is 3.92. The topological polar surface area (TPSA) is 26.0 Å². The summed E-state index contributed by atoms with van der Waals surface area (Å²) in [5.74, 6) is 1.39. The normalized spacial score (nSPS) is 14.9. The third-order valence-electron chi connectivity index (χ3n) is 2.18. The molecule has 0 saturated carbocycles. The van der Waals surface area contributed by atoms with Gasteiger partial charge in [-0.25, -0.2) is 0 Å². The highest BCUT2D eigenvalue weighted by Gasteiger charge is 2.24. The molecule has 1 aromatic heterocycles. The standard InChI is InChI=1S/C9H15NO/c1-7(9(2,3)4)8-5-6-10-11-8/h5-7H,1-4H3/t7-/m1/s1. The Morgan fingerprint density at radius 2 is 2.09 bits per heavy atom. The Morgan fingerprint density at radius 3 is 2.45 bits per heavy atom. The average molecular weight is 153 g/mol. The van der Waals surface area contributed by atoms with Crippen LogP contribution in [0.3, 0.4) is 0 Å². The van der Waals surface area contributed by atoms with Gasteiger partial charge in [0.1, 0.15) is 5.76 Å². The first-order chi connectivity index (χ1) is 5.02. The van der Waals surface area contributed by atoms with Crippen LogP contribution in [0, 0.1) is 5.41 Å². The summed E-state index contributed by atoms with van der Waals surface area (Å²) in [6, 6.07) is 1.93. The number of hydrogen-bond donors (Lipinski definition) is 0. The minimum absolute atomic E-state index is 0.250. The second-order valence-corrected chi connectivity index (χ2v) is 4.00. The first kappa shape index (κ1) is 8.31. The fourth-order valence-corrected chi connectivity index (χ4v) is 0.876. The highest BCUT2D eigenvalue weighted by molar-refractivity contribution is 5.03. The molecule has 0 aliphatic rings. The van der Waals surface area contributed by atoms with Gasteiger partial charge in [-0.3, -0.25) is 0 Å². The lowest BCUT2D eigenvalue weighted by Crippen LogP contribution is -2.14. The molecule has 11 heavy (non-hydrogen) atoms. The molecule has 1 heterocycles. The zero-order valence-corrected chi connectivity index (χ0v) is 7.59. The van der Waals surface area contributed by atoms with Gasteiger partial charge < -0.3 is 4.52 Å². The molecular weight excluding hydrogens is 138 g/mol. The van der Waals surface area contributed by atoms with Crippen molar-refractivity contribution in [3.63, 3.8) is 0 Å². The van der Waals surface area contributed by atoms with Crippen LogP contribution in [-0.4, -0.2) is 5.16 Å². The van der Waals surface area contributed by atoms with Crippen LogP contribution in [0.1, 0.15) is 39.4 Å². The molecule has 2 heteroatoms. The van der Waals surface area contributed by atoms with Crippen LogP contribution >= 0.6 is 0 Å². The van der Waals surface area contributed by atoms with Gasteiger partial charge in [-0.15, -0.1) is 0 Å². The molecule has 0 spiro atoms. The van der Waals surface area contributed by atoms with Crippen LogP contribution in [0.15, 0.2) is 16.8 Å². The molecule has 0 aliphatic heterocycles. The Kier molecular flexibility index (Phi) is 2.03. The first-order valence-electron chi connectivity index (χ1n) is 3.92. The summed E-state index contributed by atoms with van der Waals surface area (Å²) >= 11 is 0. The van der Waals surface area contributed by atoms with E-state index in [2.05, 4.69) is 32.9 Å². The monoisotopic (exact) mass is 153 g/mol. The molecule has 1 aromatic rings. The lowest BCUT2D eigenvalue weighted by Gasteiger charge is -2.24. The molecule has 0 amide bonds. The van der Waals surface area contributed by atoms with Crippen molar-refractivity contribution < 1.29 is 4.52 Å². The van der Waals surface area contributed by atoms with Crippen molar-refractivity contribution in [2.75, 3.05) is 0 Å². The van der Waals surface area contributed by atoms with Crippen molar-refractivity contribution in [1.29, 1.82) is 0 Å². The van der Waals surface area contributed by atoms with Gasteiger partial charge in [0.25, 0.3) is 0 Å². The van der Waals surface area contributed by atoms with Gasteiger partial charge in [-0.1, -0.05) is 32.9 Å². The Morgan fingerprint density at radius 1 is 1.45 bits per heavy atom. The van der Waals surface area contributed by atoms with E-state index < -0.39 is 0 Å². The zero-order chi connectivity index (χ0) is 8.48. The van der Waals surface area contributed by atoms with Crippen molar-refractivity contribution in [3.05, 3.63) is 18.0 Å². The van der Waals surface area contributed by atoms with Crippen LogP contribution in [0.25, 0.3) is 0 Å². The molecule has 0 radical (unpaired) electrons. The summed E-state index contributed by atoms with van der Waals surface area (Å²) in [6.07, 6.45) is 1.69. The van der Waals surface area contributed by atoms with Crippen molar-refractivity contribution in [3.8, 4) is 0 Å². The molecule has 1 atom stereocenters. The van der Waals surface area contributed by atoms with E-state index in [9.17, 15) is 0 Å². The SMILES string of the molecule is C[C@H](c1ccno1)C(C)(C)C. The van der Waals surface area contributed by atoms with E-state index in [0.29, 0.717) is 5.92 Å². The maximum atomic E-state index is 5.07. The van der Waals surface area contributed by atoms with Crippen molar-refractivity contribution in [2.24, 2.45) is 5.41 Å². The van der Waals surface area contributed by atoms with E-state index in [0.717, 1.165) is 5.76 Å². The Hall–Kier alpha value is -0.790. The molecule has 0 N–H and O–H groups in total. The number of aromatic nitrogens is 1. The van der Waals surface area contributed by atoms with Crippen LogP contribution in [0.5, 0.6) is 0 Å². The smallest absolute Gasteiger partial charge is 0.140 e. The molecule has 1 rings (SSSR count). The summed E-state index contributed by atoms with van der Waals surface area (Å²) in [5, 5.41) is 3.68. The van der Waals surface area contributed by atoms with Gasteiger partial charge in [-0.05, 0) is 5.41 Å². The average Bonchev–Trinajstić information content (AvgIpc) is 2.34. The zero-order valence-electron chi connectivity index (χ0n) is 7.59. The molecular formula is C9H15NO. The van der Waals surface area contributed by atoms with E-state index in [1.165, 1.54) is 0 Å². The van der Waals surface area contributed by atoms with Gasteiger partial charge in [-0.2, -0.15) is 0 Å². The second kappa shape index (κ2) is 2.68. The maximum Gasteiger partial charge on any atom is 0.140 e. The summed E-state index contributed by atoms with van der Waals surface area (Å²) in [6.45, 7) is 8.74. The summed E-state index contributed by atoms with van der Waals surface area (Å²) < 4.78 is 5.07. The number of rotatable bonds is 1. The van der Waals surface area contributed by atoms with E-state index in [1.54, 1.807) is 6.20 Å². The maximum absolute atomic E-state index is 5.07. The summed E-state index contributed by atoms with van der Waals surface area (Å²) in [5.41, 5.74) is 0.250. The fourth-order valence-electron chi connectivity index (χ4n) is 0.876. The summed E-state index contributed by atoms with van der Waals surface area (Å²) in [4.78, 5) is 0. The van der Waals surface area contributed by atoms with Gasteiger partial charge >= 0.3 is 0 Å². The van der Waals surface area contributed by atoms with E-state index in [4.69, 9.17) is 4.52 Å². The molecule has 0 aromatic carbocycles. The lowest BCUT2D eigenvalue weighted by atomic mass is 9.81. The number of hydrogen-bond acceptors (Lipinski definition) is 2. The van der Waals surface area contributed by atoms with Crippen molar-refractivity contribution in [1.82, 2.24) is 5.16 Å². The second-order valence-electron chi connectivity index (χ2n) is 4.00. The van der Waals surface area contributed by atoms with Crippen LogP contribution in [0.4, 0.5) is 0 Å². The minimum Gasteiger partial charge on any atom is -0.361 e. The molecule has 0 fully saturated rings. The third kappa shape index (κ3) is 1.82. The number of nitrogens with zero attached hydrogens (tertiary/aromatic N) is 1. The largest absolute Gasteiger partial charge is 0.361 e. The predicted octanol–water partition coefficient (Wildman–Crippen LogP) is 2.82. The van der Waals surface area contributed by atoms with E-state index >= 15 is 0 Å². The fraction of sp³-hybridized carbons (Fsp3) is 0.667. The van der Waals surface area contributed by atoms with Crippen LogP contribution in [0.2, 0.25) is 0 Å². The molecule has 0 unspecified atom stereocenters. The van der Waals surface area contributed by atoms with Crippen molar-refractivity contribution in [2.45, 2.75) is 33.6 Å². The quantitative estimate of drug-likeness (QED) is 0.620.